The van der Waals surface area contributed by atoms with Crippen molar-refractivity contribution in [2.45, 2.75) is 45.8 Å². The molecule has 16 heavy (non-hydrogen) atoms. The molecule has 0 amide bonds. The zero-order chi connectivity index (χ0) is 12.2. The first-order valence-electron chi connectivity index (χ1n) is 6.39. The van der Waals surface area contributed by atoms with Crippen LogP contribution in [-0.2, 0) is 4.74 Å². The van der Waals surface area contributed by atoms with Gasteiger partial charge >= 0.3 is 0 Å². The first kappa shape index (κ1) is 13.9. The molecule has 2 unspecified atom stereocenters. The zero-order valence-electron chi connectivity index (χ0n) is 11.5. The minimum atomic E-state index is 0.373. The number of likely N-dealkylation sites (N-methyl/N-ethyl adjacent to an activating group) is 2. The lowest BCUT2D eigenvalue weighted by Gasteiger charge is -2.28. The van der Waals surface area contributed by atoms with Crippen LogP contribution in [0.4, 0.5) is 0 Å². The number of nitrogens with one attached hydrogen (secondary N) is 1. The van der Waals surface area contributed by atoms with Crippen molar-refractivity contribution in [3.63, 3.8) is 0 Å². The van der Waals surface area contributed by atoms with E-state index in [-0.39, 0.29) is 0 Å². The lowest BCUT2D eigenvalue weighted by molar-refractivity contribution is 0.0240. The van der Waals surface area contributed by atoms with Crippen molar-refractivity contribution >= 4 is 0 Å². The summed E-state index contributed by atoms with van der Waals surface area (Å²) in [6.45, 7) is 10.0. The van der Waals surface area contributed by atoms with Gasteiger partial charge in [0.25, 0.3) is 0 Å². The first-order chi connectivity index (χ1) is 7.40. The zero-order valence-corrected chi connectivity index (χ0v) is 11.5. The molecule has 1 rings (SSSR count). The fraction of sp³-hybridized carbons (Fsp3) is 1.00. The summed E-state index contributed by atoms with van der Waals surface area (Å²) in [6, 6.07) is 0. The second-order valence-corrected chi connectivity index (χ2v) is 6.27. The predicted molar refractivity (Wildman–Crippen MR) is 68.8 cm³/mol. The molecule has 0 saturated carbocycles. The Morgan fingerprint density at radius 3 is 2.44 bits per heavy atom. The van der Waals surface area contributed by atoms with Crippen molar-refractivity contribution in [1.29, 1.82) is 0 Å². The number of rotatable bonds is 5. The third kappa shape index (κ3) is 5.28. The molecule has 3 nitrogen and oxygen atoms in total. The minimum absolute atomic E-state index is 0.373. The third-order valence-electron chi connectivity index (χ3n) is 2.89. The van der Waals surface area contributed by atoms with Crippen LogP contribution in [0.3, 0.4) is 0 Å². The molecule has 1 N–H and O–H groups in total. The lowest BCUT2D eigenvalue weighted by Crippen LogP contribution is -2.36. The molecular formula is C13H28N2O. The molecule has 1 fully saturated rings. The largest absolute Gasteiger partial charge is 0.372 e. The van der Waals surface area contributed by atoms with Gasteiger partial charge in [-0.25, -0.2) is 0 Å². The van der Waals surface area contributed by atoms with Crippen LogP contribution in [-0.4, -0.2) is 50.8 Å². The van der Waals surface area contributed by atoms with E-state index in [0.29, 0.717) is 17.6 Å². The average Bonchev–Trinajstić information content (AvgIpc) is 2.49. The van der Waals surface area contributed by atoms with Crippen LogP contribution >= 0.6 is 0 Å². The molecule has 0 aromatic rings. The van der Waals surface area contributed by atoms with Crippen LogP contribution in [0.15, 0.2) is 0 Å². The van der Waals surface area contributed by atoms with Gasteiger partial charge in [0.1, 0.15) is 0 Å². The maximum Gasteiger partial charge on any atom is 0.0707 e. The van der Waals surface area contributed by atoms with E-state index in [1.807, 2.05) is 7.05 Å². The predicted octanol–water partition coefficient (Wildman–Crippen LogP) is 1.73. The molecule has 0 aliphatic carbocycles. The first-order valence-corrected chi connectivity index (χ1v) is 6.39. The molecule has 96 valence electrons. The summed E-state index contributed by atoms with van der Waals surface area (Å²) < 4.78 is 5.98. The number of ether oxygens (including phenoxy) is 1. The van der Waals surface area contributed by atoms with Gasteiger partial charge in [-0.05, 0) is 32.4 Å². The molecule has 0 bridgehead atoms. The van der Waals surface area contributed by atoms with Gasteiger partial charge in [-0.1, -0.05) is 20.8 Å². The van der Waals surface area contributed by atoms with E-state index >= 15 is 0 Å². The molecule has 1 heterocycles. The Morgan fingerprint density at radius 1 is 1.25 bits per heavy atom. The van der Waals surface area contributed by atoms with E-state index in [1.54, 1.807) is 0 Å². The summed E-state index contributed by atoms with van der Waals surface area (Å²) in [4.78, 5) is 2.40. The quantitative estimate of drug-likeness (QED) is 0.775. The van der Waals surface area contributed by atoms with Crippen LogP contribution < -0.4 is 5.32 Å². The number of nitrogens with zero attached hydrogens (tertiary/aromatic N) is 1. The summed E-state index contributed by atoms with van der Waals surface area (Å²) in [5.41, 5.74) is 0.373. The van der Waals surface area contributed by atoms with E-state index in [0.717, 1.165) is 19.6 Å². The van der Waals surface area contributed by atoms with E-state index < -0.39 is 0 Å². The molecule has 0 spiro atoms. The normalized spacial score (nSPS) is 26.6. The molecule has 3 heteroatoms. The summed E-state index contributed by atoms with van der Waals surface area (Å²) in [6.07, 6.45) is 3.28. The maximum absolute atomic E-state index is 5.98. The van der Waals surface area contributed by atoms with Crippen LogP contribution in [0.1, 0.15) is 33.6 Å². The molecule has 0 aromatic heterocycles. The van der Waals surface area contributed by atoms with E-state index in [9.17, 15) is 0 Å². The molecule has 1 aliphatic heterocycles. The van der Waals surface area contributed by atoms with Gasteiger partial charge in [-0.15, -0.1) is 0 Å². The van der Waals surface area contributed by atoms with Gasteiger partial charge in [0.15, 0.2) is 0 Å². The van der Waals surface area contributed by atoms with Crippen LogP contribution in [0.5, 0.6) is 0 Å². The van der Waals surface area contributed by atoms with Crippen molar-refractivity contribution in [1.82, 2.24) is 10.2 Å². The maximum atomic E-state index is 5.98. The van der Waals surface area contributed by atoms with Gasteiger partial charge in [0.05, 0.1) is 12.2 Å². The Hall–Kier alpha value is -0.120. The Balaban J connectivity index is 2.23. The fourth-order valence-electron chi connectivity index (χ4n) is 2.51. The fourth-order valence-corrected chi connectivity index (χ4v) is 2.51. The smallest absolute Gasteiger partial charge is 0.0707 e. The topological polar surface area (TPSA) is 24.5 Å². The molecule has 0 aromatic carbocycles. The van der Waals surface area contributed by atoms with Crippen molar-refractivity contribution in [3.05, 3.63) is 0 Å². The summed E-state index contributed by atoms with van der Waals surface area (Å²) in [7, 11) is 4.18. The number of hydrogen-bond acceptors (Lipinski definition) is 3. The number of hydrogen-bond donors (Lipinski definition) is 1. The minimum Gasteiger partial charge on any atom is -0.372 e. The molecule has 0 radical (unpaired) electrons. The van der Waals surface area contributed by atoms with Crippen LogP contribution in [0, 0.1) is 5.41 Å². The van der Waals surface area contributed by atoms with Gasteiger partial charge < -0.3 is 15.0 Å². The molecule has 1 aliphatic rings. The monoisotopic (exact) mass is 228 g/mol. The Morgan fingerprint density at radius 2 is 1.88 bits per heavy atom. The summed E-state index contributed by atoms with van der Waals surface area (Å²) in [5, 5.41) is 3.18. The van der Waals surface area contributed by atoms with Crippen molar-refractivity contribution in [2.75, 3.05) is 33.7 Å². The Kier molecular flexibility index (Phi) is 5.22. The average molecular weight is 228 g/mol. The van der Waals surface area contributed by atoms with Gasteiger partial charge in [-0.2, -0.15) is 0 Å². The van der Waals surface area contributed by atoms with E-state index in [1.165, 1.54) is 12.8 Å². The highest BCUT2D eigenvalue weighted by Gasteiger charge is 2.26. The molecule has 1 saturated heterocycles. The second kappa shape index (κ2) is 5.99. The highest BCUT2D eigenvalue weighted by atomic mass is 16.5. The van der Waals surface area contributed by atoms with E-state index in [4.69, 9.17) is 4.74 Å². The van der Waals surface area contributed by atoms with Crippen molar-refractivity contribution in [3.8, 4) is 0 Å². The van der Waals surface area contributed by atoms with Gasteiger partial charge in [0, 0.05) is 19.6 Å². The molecular weight excluding hydrogens is 200 g/mol. The van der Waals surface area contributed by atoms with Crippen molar-refractivity contribution < 1.29 is 4.74 Å². The Labute approximate surface area is 101 Å². The third-order valence-corrected chi connectivity index (χ3v) is 2.89. The Bertz CT molecular complexity index is 201. The van der Waals surface area contributed by atoms with Crippen molar-refractivity contribution in [2.24, 2.45) is 5.41 Å². The standard InChI is InChI=1S/C13H28N2O/c1-13(2,3)10-15(5)9-12-7-6-11(16-12)8-14-4/h11-12,14H,6-10H2,1-5H3. The highest BCUT2D eigenvalue weighted by molar-refractivity contribution is 4.78. The van der Waals surface area contributed by atoms with Gasteiger partial charge in [-0.3, -0.25) is 0 Å². The highest BCUT2D eigenvalue weighted by Crippen LogP contribution is 2.21. The van der Waals surface area contributed by atoms with Gasteiger partial charge in [0.2, 0.25) is 0 Å². The van der Waals surface area contributed by atoms with Crippen LogP contribution in [0.25, 0.3) is 0 Å². The van der Waals surface area contributed by atoms with Crippen LogP contribution in [0.2, 0.25) is 0 Å². The summed E-state index contributed by atoms with van der Waals surface area (Å²) in [5.74, 6) is 0. The molecule has 2 atom stereocenters. The SMILES string of the molecule is CNCC1CCC(CN(C)CC(C)(C)C)O1. The van der Waals surface area contributed by atoms with E-state index in [2.05, 4.69) is 38.0 Å². The second-order valence-electron chi connectivity index (χ2n) is 6.27. The lowest BCUT2D eigenvalue weighted by atomic mass is 9.96. The summed E-state index contributed by atoms with van der Waals surface area (Å²) >= 11 is 0.